The predicted molar refractivity (Wildman–Crippen MR) is 152 cm³/mol. The maximum absolute atomic E-state index is 14.9. The molecule has 0 saturated carbocycles. The quantitative estimate of drug-likeness (QED) is 0.270. The van der Waals surface area contributed by atoms with E-state index in [2.05, 4.69) is 25.3 Å². The fraction of sp³-hybridized carbons (Fsp3) is 0.385. The number of nitrogens with one attached hydrogen (secondary N) is 1. The molecule has 3 aromatic heterocycles. The Morgan fingerprint density at radius 2 is 2.02 bits per heavy atom. The lowest BCUT2D eigenvalue weighted by Crippen LogP contribution is -2.48. The summed E-state index contributed by atoms with van der Waals surface area (Å²) in [5.41, 5.74) is 8.09. The van der Waals surface area contributed by atoms with Crippen LogP contribution in [0.3, 0.4) is 0 Å². The Labute approximate surface area is 234 Å². The van der Waals surface area contributed by atoms with Crippen molar-refractivity contribution in [1.29, 1.82) is 0 Å². The van der Waals surface area contributed by atoms with Crippen LogP contribution in [0.25, 0.3) is 17.1 Å². The number of halogens is 1. The number of aromatic nitrogens is 4. The van der Waals surface area contributed by atoms with Crippen LogP contribution in [0.15, 0.2) is 47.1 Å². The molecule has 12 nitrogen and oxygen atoms in total. The first-order valence-electron chi connectivity index (χ1n) is 12.9. The number of benzene rings is 1. The zero-order valence-electron chi connectivity index (χ0n) is 22.4. The summed E-state index contributed by atoms with van der Waals surface area (Å²) in [6, 6.07) is 9.95. The molecule has 212 valence electrons. The van der Waals surface area contributed by atoms with E-state index < -0.39 is 17.0 Å². The molecule has 1 aromatic carbocycles. The molecule has 3 N–H and O–H groups in total. The number of nitrogen functional groups attached to an aromatic ring is 1. The molecule has 1 fully saturated rings. The van der Waals surface area contributed by atoms with Crippen LogP contribution in [-0.2, 0) is 11.2 Å². The number of furan rings is 1. The molecule has 1 saturated heterocycles. The molecular formula is C26H32FN9O3S. The van der Waals surface area contributed by atoms with Crippen molar-refractivity contribution in [2.24, 2.45) is 0 Å². The fourth-order valence-corrected chi connectivity index (χ4v) is 4.92. The summed E-state index contributed by atoms with van der Waals surface area (Å²) < 4.78 is 33.0. The van der Waals surface area contributed by atoms with Gasteiger partial charge in [0.1, 0.15) is 17.3 Å². The molecule has 1 atom stereocenters. The van der Waals surface area contributed by atoms with Crippen LogP contribution >= 0.6 is 0 Å². The van der Waals surface area contributed by atoms with E-state index in [-0.39, 0.29) is 24.0 Å². The Morgan fingerprint density at radius 3 is 2.73 bits per heavy atom. The molecule has 1 aliphatic rings. The van der Waals surface area contributed by atoms with Gasteiger partial charge in [0.15, 0.2) is 11.4 Å². The van der Waals surface area contributed by atoms with Gasteiger partial charge in [-0.1, -0.05) is 11.2 Å². The molecule has 4 heterocycles. The standard InChI is InChI=1S/C26H32FN9O3S/c1-33(26-30-23-17-20(22-4-3-14-39-22)32-36(23)25(28)31-26)8-9-34-10-12-35(13-11-34)21-6-5-18(16-19(21)27)24(37)29-7-15-40(2)38/h3-6,14,16-17H,7-13,15H2,1-2H3,(H,29,37)(H2,28,30,31)/t40-/m1/s1. The van der Waals surface area contributed by atoms with Crippen LogP contribution in [0.4, 0.5) is 22.0 Å². The smallest absolute Gasteiger partial charge is 0.251 e. The molecule has 0 aliphatic carbocycles. The number of carbonyl (C=O) groups excluding carboxylic acids is 1. The number of amides is 1. The van der Waals surface area contributed by atoms with Gasteiger partial charge in [-0.05, 0) is 30.3 Å². The van der Waals surface area contributed by atoms with E-state index in [1.807, 2.05) is 22.9 Å². The van der Waals surface area contributed by atoms with Crippen molar-refractivity contribution in [1.82, 2.24) is 29.8 Å². The Bertz CT molecular complexity index is 1460. The largest absolute Gasteiger partial charge is 0.617 e. The lowest BCUT2D eigenvalue weighted by atomic mass is 10.1. The molecule has 5 rings (SSSR count). The van der Waals surface area contributed by atoms with E-state index in [1.165, 1.54) is 10.6 Å². The van der Waals surface area contributed by atoms with E-state index in [1.54, 1.807) is 36.8 Å². The van der Waals surface area contributed by atoms with Gasteiger partial charge >= 0.3 is 0 Å². The van der Waals surface area contributed by atoms with Crippen molar-refractivity contribution in [3.8, 4) is 11.5 Å². The van der Waals surface area contributed by atoms with Gasteiger partial charge in [0.25, 0.3) is 5.91 Å². The Hall–Kier alpha value is -3.88. The van der Waals surface area contributed by atoms with Gasteiger partial charge in [-0.25, -0.2) is 4.39 Å². The van der Waals surface area contributed by atoms with Crippen molar-refractivity contribution in [2.45, 2.75) is 0 Å². The van der Waals surface area contributed by atoms with Crippen LogP contribution in [0, 0.1) is 5.82 Å². The minimum absolute atomic E-state index is 0.237. The van der Waals surface area contributed by atoms with E-state index in [9.17, 15) is 13.7 Å². The Morgan fingerprint density at radius 1 is 1.23 bits per heavy atom. The van der Waals surface area contributed by atoms with E-state index in [4.69, 9.17) is 10.2 Å². The molecule has 0 unspecified atom stereocenters. The minimum atomic E-state index is -0.997. The maximum Gasteiger partial charge on any atom is 0.251 e. The van der Waals surface area contributed by atoms with Gasteiger partial charge in [-0.15, -0.1) is 0 Å². The van der Waals surface area contributed by atoms with Gasteiger partial charge < -0.3 is 29.8 Å². The van der Waals surface area contributed by atoms with Crippen LogP contribution in [0.1, 0.15) is 10.4 Å². The summed E-state index contributed by atoms with van der Waals surface area (Å²) in [6.07, 6.45) is 3.16. The Kier molecular flexibility index (Phi) is 8.38. The van der Waals surface area contributed by atoms with Gasteiger partial charge in [0.2, 0.25) is 11.9 Å². The molecule has 14 heteroatoms. The van der Waals surface area contributed by atoms with Gasteiger partial charge in [0, 0.05) is 57.9 Å². The minimum Gasteiger partial charge on any atom is -0.617 e. The number of hydrogen-bond donors (Lipinski definition) is 2. The predicted octanol–water partition coefficient (Wildman–Crippen LogP) is 1.47. The number of hydrogen-bond acceptors (Lipinski definition) is 10. The molecule has 0 radical (unpaired) electrons. The van der Waals surface area contributed by atoms with Crippen molar-refractivity contribution < 1.29 is 18.2 Å². The summed E-state index contributed by atoms with van der Waals surface area (Å²) >= 11 is -0.997. The van der Waals surface area contributed by atoms with E-state index >= 15 is 0 Å². The number of piperazine rings is 1. The number of nitrogens with zero attached hydrogens (tertiary/aromatic N) is 7. The lowest BCUT2D eigenvalue weighted by Gasteiger charge is -2.36. The van der Waals surface area contributed by atoms with Crippen molar-refractivity contribution in [3.63, 3.8) is 0 Å². The highest BCUT2D eigenvalue weighted by Crippen LogP contribution is 2.23. The normalized spacial score (nSPS) is 14.9. The Balaban J connectivity index is 1.13. The summed E-state index contributed by atoms with van der Waals surface area (Å²) in [6.45, 7) is 4.59. The average molecular weight is 570 g/mol. The first kappa shape index (κ1) is 27.7. The molecule has 0 bridgehead atoms. The second-order valence-corrected chi connectivity index (χ2v) is 11.2. The van der Waals surface area contributed by atoms with Crippen molar-refractivity contribution in [2.75, 3.05) is 80.4 Å². The van der Waals surface area contributed by atoms with Crippen molar-refractivity contribution >= 4 is 40.3 Å². The van der Waals surface area contributed by atoms with Crippen LogP contribution in [0.5, 0.6) is 0 Å². The second kappa shape index (κ2) is 12.1. The lowest BCUT2D eigenvalue weighted by molar-refractivity contribution is 0.0955. The number of likely N-dealkylation sites (N-methyl/N-ethyl adjacent to an activating group) is 1. The third-order valence-corrected chi connectivity index (χ3v) is 7.58. The highest BCUT2D eigenvalue weighted by Gasteiger charge is 2.21. The molecule has 4 aromatic rings. The van der Waals surface area contributed by atoms with Crippen LogP contribution < -0.4 is 20.9 Å². The highest BCUT2D eigenvalue weighted by atomic mass is 32.2. The molecular weight excluding hydrogens is 537 g/mol. The maximum atomic E-state index is 14.9. The number of nitrogens with two attached hydrogens (primary N) is 1. The van der Waals surface area contributed by atoms with E-state index in [0.29, 0.717) is 54.1 Å². The summed E-state index contributed by atoms with van der Waals surface area (Å²) in [5, 5.41) is 7.10. The second-order valence-electron chi connectivity index (χ2n) is 9.61. The highest BCUT2D eigenvalue weighted by molar-refractivity contribution is 7.90. The average Bonchev–Trinajstić information content (AvgIpc) is 3.62. The zero-order chi connectivity index (χ0) is 28.2. The summed E-state index contributed by atoms with van der Waals surface area (Å²) in [7, 11) is 1.92. The first-order valence-corrected chi connectivity index (χ1v) is 14.6. The third kappa shape index (κ3) is 6.29. The van der Waals surface area contributed by atoms with Crippen LogP contribution in [-0.4, -0.2) is 99.8 Å². The third-order valence-electron chi connectivity index (χ3n) is 6.80. The topological polar surface area (TPSA) is 144 Å². The molecule has 1 aliphatic heterocycles. The monoisotopic (exact) mass is 569 g/mol. The fourth-order valence-electron chi connectivity index (χ4n) is 4.53. The van der Waals surface area contributed by atoms with Gasteiger partial charge in [0.05, 0.1) is 24.8 Å². The zero-order valence-corrected chi connectivity index (χ0v) is 23.2. The number of rotatable bonds is 10. The summed E-state index contributed by atoms with van der Waals surface area (Å²) in [4.78, 5) is 27.5. The first-order chi connectivity index (χ1) is 19.3. The number of carbonyl (C=O) groups is 1. The van der Waals surface area contributed by atoms with Crippen molar-refractivity contribution in [3.05, 3.63) is 54.0 Å². The van der Waals surface area contributed by atoms with Crippen LogP contribution in [0.2, 0.25) is 0 Å². The van der Waals surface area contributed by atoms with E-state index in [0.717, 1.165) is 19.6 Å². The number of fused-ring (bicyclic) bond motifs is 1. The molecule has 40 heavy (non-hydrogen) atoms. The molecule has 1 amide bonds. The SMILES string of the molecule is CN(CCN1CCN(c2ccc(C(=O)NCC[S@@+](C)[O-])cc2F)CC1)c1nc(N)n2nc(-c3ccco3)cc2n1. The summed E-state index contributed by atoms with van der Waals surface area (Å²) in [5.74, 6) is 0.925. The van der Waals surface area contributed by atoms with Gasteiger partial charge in [-0.2, -0.15) is 19.6 Å². The van der Waals surface area contributed by atoms with Gasteiger partial charge in [-0.3, -0.25) is 9.69 Å². The number of anilines is 3. The molecule has 0 spiro atoms.